The van der Waals surface area contributed by atoms with Crippen molar-refractivity contribution in [3.05, 3.63) is 46.3 Å². The molecule has 1 atom stereocenters. The normalized spacial score (nSPS) is 17.4. The number of allylic oxidation sites excluding steroid dienone is 1. The number of rotatable bonds is 2. The molecule has 2 rings (SSSR count). The average Bonchev–Trinajstić information content (AvgIpc) is 2.63. The molecule has 0 aromatic heterocycles. The zero-order chi connectivity index (χ0) is 11.7. The lowest BCUT2D eigenvalue weighted by Gasteiger charge is -2.12. The molecule has 0 saturated heterocycles. The highest BCUT2D eigenvalue weighted by Gasteiger charge is 2.25. The van der Waals surface area contributed by atoms with Crippen molar-refractivity contribution in [2.24, 2.45) is 0 Å². The molecule has 0 spiro atoms. The minimum atomic E-state index is -1.19. The fraction of sp³-hybridized carbons (Fsp3) is 0.250. The standard InChI is InChI=1S/C12H10ClFO2/c13-7-4-5-8(10(14)6-7)12(16)9-2-1-3-11(9)15/h2,4-6,12,16H,1,3H2. The van der Waals surface area contributed by atoms with Gasteiger partial charge in [0, 0.05) is 22.6 Å². The van der Waals surface area contributed by atoms with Gasteiger partial charge in [-0.05, 0) is 18.6 Å². The predicted molar refractivity (Wildman–Crippen MR) is 58.7 cm³/mol. The third kappa shape index (κ3) is 2.01. The molecule has 1 unspecified atom stereocenters. The molecular formula is C12H10ClFO2. The summed E-state index contributed by atoms with van der Waals surface area (Å²) in [5.41, 5.74) is 0.368. The van der Waals surface area contributed by atoms with Gasteiger partial charge in [0.1, 0.15) is 11.9 Å². The van der Waals surface area contributed by atoms with Crippen molar-refractivity contribution in [2.75, 3.05) is 0 Å². The van der Waals surface area contributed by atoms with Gasteiger partial charge in [0.2, 0.25) is 0 Å². The molecule has 0 radical (unpaired) electrons. The van der Waals surface area contributed by atoms with Gasteiger partial charge in [0.25, 0.3) is 0 Å². The number of halogens is 2. The molecule has 1 aliphatic carbocycles. The maximum absolute atomic E-state index is 13.5. The number of aliphatic hydroxyl groups is 1. The molecule has 0 heterocycles. The molecule has 1 aromatic rings. The van der Waals surface area contributed by atoms with Gasteiger partial charge in [-0.3, -0.25) is 4.79 Å². The Morgan fingerprint density at radius 3 is 2.75 bits per heavy atom. The molecule has 1 N–H and O–H groups in total. The Labute approximate surface area is 97.4 Å². The van der Waals surface area contributed by atoms with E-state index >= 15 is 0 Å². The highest BCUT2D eigenvalue weighted by atomic mass is 35.5. The van der Waals surface area contributed by atoms with E-state index in [9.17, 15) is 14.3 Å². The van der Waals surface area contributed by atoms with Gasteiger partial charge in [-0.25, -0.2) is 4.39 Å². The molecule has 0 aliphatic heterocycles. The molecule has 1 aliphatic rings. The van der Waals surface area contributed by atoms with Gasteiger partial charge >= 0.3 is 0 Å². The van der Waals surface area contributed by atoms with E-state index in [0.717, 1.165) is 6.07 Å². The summed E-state index contributed by atoms with van der Waals surface area (Å²) in [5.74, 6) is -0.720. The van der Waals surface area contributed by atoms with Crippen molar-refractivity contribution in [1.29, 1.82) is 0 Å². The van der Waals surface area contributed by atoms with Gasteiger partial charge < -0.3 is 5.11 Å². The number of hydrogen-bond donors (Lipinski definition) is 1. The Morgan fingerprint density at radius 1 is 1.44 bits per heavy atom. The van der Waals surface area contributed by atoms with Gasteiger partial charge in [-0.15, -0.1) is 0 Å². The molecule has 2 nitrogen and oxygen atoms in total. The Balaban J connectivity index is 2.34. The number of carbonyl (C=O) groups is 1. The van der Waals surface area contributed by atoms with Crippen LogP contribution in [0.25, 0.3) is 0 Å². The van der Waals surface area contributed by atoms with Gasteiger partial charge in [0.05, 0.1) is 0 Å². The number of benzene rings is 1. The van der Waals surface area contributed by atoms with E-state index < -0.39 is 11.9 Å². The van der Waals surface area contributed by atoms with Crippen LogP contribution in [0.1, 0.15) is 24.5 Å². The molecule has 0 bridgehead atoms. The summed E-state index contributed by atoms with van der Waals surface area (Å²) in [7, 11) is 0. The van der Waals surface area contributed by atoms with Crippen LogP contribution in [0.5, 0.6) is 0 Å². The van der Waals surface area contributed by atoms with E-state index in [2.05, 4.69) is 0 Å². The van der Waals surface area contributed by atoms with Crippen LogP contribution in [0.4, 0.5) is 4.39 Å². The average molecular weight is 241 g/mol. The van der Waals surface area contributed by atoms with Crippen molar-refractivity contribution in [3.8, 4) is 0 Å². The minimum absolute atomic E-state index is 0.0888. The summed E-state index contributed by atoms with van der Waals surface area (Å²) in [6, 6.07) is 4.01. The maximum Gasteiger partial charge on any atom is 0.161 e. The SMILES string of the molecule is O=C1CCC=C1C(O)c1ccc(Cl)cc1F. The van der Waals surface area contributed by atoms with Crippen LogP contribution < -0.4 is 0 Å². The first-order valence-corrected chi connectivity index (χ1v) is 5.33. The first kappa shape index (κ1) is 11.3. The van der Waals surface area contributed by atoms with Crippen molar-refractivity contribution in [2.45, 2.75) is 18.9 Å². The van der Waals surface area contributed by atoms with Crippen LogP contribution in [-0.4, -0.2) is 10.9 Å². The molecule has 0 fully saturated rings. The second-order valence-corrected chi connectivity index (χ2v) is 4.13. The monoisotopic (exact) mass is 240 g/mol. The fourth-order valence-electron chi connectivity index (χ4n) is 1.77. The van der Waals surface area contributed by atoms with E-state index in [1.807, 2.05) is 0 Å². The Morgan fingerprint density at radius 2 is 2.19 bits per heavy atom. The Hall–Kier alpha value is -1.19. The van der Waals surface area contributed by atoms with Crippen LogP contribution in [0, 0.1) is 5.82 Å². The number of carbonyl (C=O) groups excluding carboxylic acids is 1. The summed E-state index contributed by atoms with van der Waals surface area (Å²) in [6.07, 6.45) is 1.47. The highest BCUT2D eigenvalue weighted by Crippen LogP contribution is 2.30. The lowest BCUT2D eigenvalue weighted by atomic mass is 10.00. The summed E-state index contributed by atoms with van der Waals surface area (Å²) in [4.78, 5) is 11.4. The van der Waals surface area contributed by atoms with Crippen molar-refractivity contribution in [1.82, 2.24) is 0 Å². The zero-order valence-corrected chi connectivity index (χ0v) is 9.17. The zero-order valence-electron chi connectivity index (χ0n) is 8.41. The molecule has 1 aromatic carbocycles. The predicted octanol–water partition coefficient (Wildman–Crippen LogP) is 2.80. The first-order chi connectivity index (χ1) is 7.59. The smallest absolute Gasteiger partial charge is 0.161 e. The van der Waals surface area contributed by atoms with Crippen LogP contribution in [0.3, 0.4) is 0 Å². The first-order valence-electron chi connectivity index (χ1n) is 4.96. The summed E-state index contributed by atoms with van der Waals surface area (Å²) in [5, 5.41) is 10.2. The van der Waals surface area contributed by atoms with E-state index in [0.29, 0.717) is 12.8 Å². The second kappa shape index (κ2) is 4.36. The van der Waals surface area contributed by atoms with E-state index in [4.69, 9.17) is 11.6 Å². The van der Waals surface area contributed by atoms with Gasteiger partial charge in [-0.2, -0.15) is 0 Å². The second-order valence-electron chi connectivity index (χ2n) is 3.69. The van der Waals surface area contributed by atoms with Crippen molar-refractivity contribution >= 4 is 17.4 Å². The fourth-order valence-corrected chi connectivity index (χ4v) is 1.93. The summed E-state index contributed by atoms with van der Waals surface area (Å²) < 4.78 is 13.5. The number of hydrogen-bond acceptors (Lipinski definition) is 2. The van der Waals surface area contributed by atoms with Gasteiger partial charge in [0.15, 0.2) is 5.78 Å². The third-order valence-corrected chi connectivity index (χ3v) is 2.84. The number of ketones is 1. The molecule has 0 saturated carbocycles. The van der Waals surface area contributed by atoms with Crippen LogP contribution in [0.15, 0.2) is 29.8 Å². The Kier molecular flexibility index (Phi) is 3.08. The number of aliphatic hydroxyl groups excluding tert-OH is 1. The van der Waals surface area contributed by atoms with Crippen LogP contribution in [0.2, 0.25) is 5.02 Å². The van der Waals surface area contributed by atoms with E-state index in [1.165, 1.54) is 12.1 Å². The van der Waals surface area contributed by atoms with Crippen LogP contribution in [-0.2, 0) is 4.79 Å². The highest BCUT2D eigenvalue weighted by molar-refractivity contribution is 6.30. The van der Waals surface area contributed by atoms with Crippen molar-refractivity contribution < 1.29 is 14.3 Å². The number of Topliss-reactive ketones (excluding diaryl/α,β-unsaturated/α-hetero) is 1. The minimum Gasteiger partial charge on any atom is -0.383 e. The van der Waals surface area contributed by atoms with Crippen molar-refractivity contribution in [3.63, 3.8) is 0 Å². The quantitative estimate of drug-likeness (QED) is 0.863. The van der Waals surface area contributed by atoms with E-state index in [-0.39, 0.29) is 21.9 Å². The largest absolute Gasteiger partial charge is 0.383 e. The molecule has 16 heavy (non-hydrogen) atoms. The third-order valence-electron chi connectivity index (χ3n) is 2.61. The molecule has 84 valence electrons. The summed E-state index contributed by atoms with van der Waals surface area (Å²) in [6.45, 7) is 0. The lowest BCUT2D eigenvalue weighted by molar-refractivity contribution is -0.115. The molecular weight excluding hydrogens is 231 g/mol. The maximum atomic E-state index is 13.5. The summed E-state index contributed by atoms with van der Waals surface area (Å²) >= 11 is 5.61. The van der Waals surface area contributed by atoms with Crippen LogP contribution >= 0.6 is 11.6 Å². The Bertz CT molecular complexity index is 468. The topological polar surface area (TPSA) is 37.3 Å². The van der Waals surface area contributed by atoms with E-state index in [1.54, 1.807) is 6.08 Å². The molecule has 4 heteroatoms. The van der Waals surface area contributed by atoms with Gasteiger partial charge in [-0.1, -0.05) is 23.7 Å². The molecule has 0 amide bonds. The lowest BCUT2D eigenvalue weighted by Crippen LogP contribution is -2.09.